The molecule has 1 amide bonds. The smallest absolute Gasteiger partial charge is 0.335 e. The zero-order valence-corrected chi connectivity index (χ0v) is 13.2. The first-order chi connectivity index (χ1) is 10.6. The molecule has 1 aromatic carbocycles. The molecule has 3 rings (SSSR count). The van der Waals surface area contributed by atoms with Crippen LogP contribution in [0.1, 0.15) is 16.8 Å². The number of aromatic nitrogens is 1. The lowest BCUT2D eigenvalue weighted by molar-refractivity contribution is -0.119. The first kappa shape index (κ1) is 15.3. The van der Waals surface area contributed by atoms with E-state index in [4.69, 9.17) is 9.84 Å². The highest BCUT2D eigenvalue weighted by atomic mass is 32.2. The van der Waals surface area contributed by atoms with Gasteiger partial charge in [0.25, 0.3) is 0 Å². The van der Waals surface area contributed by atoms with E-state index in [1.165, 1.54) is 29.2 Å². The second kappa shape index (κ2) is 6.64. The third-order valence-corrected chi connectivity index (χ3v) is 5.40. The molecule has 0 aliphatic carbocycles. The van der Waals surface area contributed by atoms with E-state index in [2.05, 4.69) is 10.3 Å². The Morgan fingerprint density at radius 3 is 3.09 bits per heavy atom. The fourth-order valence-electron chi connectivity index (χ4n) is 2.14. The quantitative estimate of drug-likeness (QED) is 0.811. The molecule has 22 heavy (non-hydrogen) atoms. The number of aromatic carboxylic acids is 1. The third kappa shape index (κ3) is 3.57. The molecular formula is C14H14N2O4S2. The first-order valence-corrected chi connectivity index (χ1v) is 8.56. The van der Waals surface area contributed by atoms with Crippen LogP contribution in [-0.2, 0) is 9.53 Å². The van der Waals surface area contributed by atoms with Crippen molar-refractivity contribution in [3.63, 3.8) is 0 Å². The topological polar surface area (TPSA) is 88.5 Å². The third-order valence-electron chi connectivity index (χ3n) is 3.24. The van der Waals surface area contributed by atoms with E-state index in [0.29, 0.717) is 19.0 Å². The van der Waals surface area contributed by atoms with E-state index in [1.807, 2.05) is 0 Å². The van der Waals surface area contributed by atoms with Crippen molar-refractivity contribution in [3.05, 3.63) is 23.8 Å². The zero-order valence-electron chi connectivity index (χ0n) is 11.6. The molecule has 1 saturated heterocycles. The van der Waals surface area contributed by atoms with Crippen LogP contribution in [0.3, 0.4) is 0 Å². The number of nitrogens with zero attached hydrogens (tertiary/aromatic N) is 1. The number of hydrogen-bond donors (Lipinski definition) is 2. The Bertz CT molecular complexity index is 710. The highest BCUT2D eigenvalue weighted by Crippen LogP contribution is 2.30. The standard InChI is InChI=1S/C14H14N2O4S2/c17-12(15-9-3-4-20-6-9)7-21-14-16-10-2-1-8(13(18)19)5-11(10)22-14/h1-2,5,9H,3-4,6-7H2,(H,15,17)(H,18,19)/t9-/m1/s1. The molecule has 116 valence electrons. The second-order valence-electron chi connectivity index (χ2n) is 4.88. The maximum Gasteiger partial charge on any atom is 0.335 e. The number of carbonyl (C=O) groups excluding carboxylic acids is 1. The summed E-state index contributed by atoms with van der Waals surface area (Å²) in [6, 6.07) is 4.94. The number of rotatable bonds is 5. The van der Waals surface area contributed by atoms with Crippen LogP contribution in [0.5, 0.6) is 0 Å². The number of carboxylic acid groups (broad SMARTS) is 1. The lowest BCUT2D eigenvalue weighted by atomic mass is 10.2. The van der Waals surface area contributed by atoms with Gasteiger partial charge in [-0.2, -0.15) is 0 Å². The summed E-state index contributed by atoms with van der Waals surface area (Å²) in [6.07, 6.45) is 0.857. The predicted octanol–water partition coefficient (Wildman–Crippen LogP) is 1.99. The SMILES string of the molecule is O=C(CSc1nc2ccc(C(=O)O)cc2s1)N[C@@H]1CCOC1. The molecule has 1 aliphatic rings. The summed E-state index contributed by atoms with van der Waals surface area (Å²) in [5, 5.41) is 11.9. The Morgan fingerprint density at radius 2 is 2.36 bits per heavy atom. The summed E-state index contributed by atoms with van der Waals surface area (Å²) in [5.41, 5.74) is 0.994. The number of thioether (sulfide) groups is 1. The van der Waals surface area contributed by atoms with E-state index < -0.39 is 5.97 Å². The molecule has 6 nitrogen and oxygen atoms in total. The Labute approximate surface area is 134 Å². The molecule has 2 aromatic rings. The highest BCUT2D eigenvalue weighted by Gasteiger charge is 2.18. The van der Waals surface area contributed by atoms with Crippen LogP contribution in [-0.4, -0.2) is 47.0 Å². The van der Waals surface area contributed by atoms with Crippen molar-refractivity contribution < 1.29 is 19.4 Å². The number of hydrogen-bond acceptors (Lipinski definition) is 6. The second-order valence-corrected chi connectivity index (χ2v) is 7.14. The Kier molecular flexibility index (Phi) is 4.60. The molecule has 2 N–H and O–H groups in total. The summed E-state index contributed by atoms with van der Waals surface area (Å²) in [6.45, 7) is 1.28. The van der Waals surface area contributed by atoms with E-state index in [9.17, 15) is 9.59 Å². The first-order valence-electron chi connectivity index (χ1n) is 6.75. The maximum absolute atomic E-state index is 11.8. The summed E-state index contributed by atoms with van der Waals surface area (Å²) >= 11 is 2.76. The van der Waals surface area contributed by atoms with Gasteiger partial charge in [-0.3, -0.25) is 4.79 Å². The highest BCUT2D eigenvalue weighted by molar-refractivity contribution is 8.01. The largest absolute Gasteiger partial charge is 0.478 e. The molecule has 1 fully saturated rings. The number of thiazole rings is 1. The van der Waals surface area contributed by atoms with Gasteiger partial charge in [0.05, 0.1) is 34.2 Å². The van der Waals surface area contributed by atoms with Crippen molar-refractivity contribution in [2.45, 2.75) is 16.8 Å². The van der Waals surface area contributed by atoms with Gasteiger partial charge in [-0.25, -0.2) is 9.78 Å². The van der Waals surface area contributed by atoms with Crippen LogP contribution >= 0.6 is 23.1 Å². The molecule has 0 spiro atoms. The van der Waals surface area contributed by atoms with Crippen molar-refractivity contribution in [1.82, 2.24) is 10.3 Å². The van der Waals surface area contributed by atoms with Crippen LogP contribution in [0, 0.1) is 0 Å². The lowest BCUT2D eigenvalue weighted by Gasteiger charge is -2.09. The Balaban J connectivity index is 1.61. The molecule has 2 heterocycles. The molecule has 0 saturated carbocycles. The van der Waals surface area contributed by atoms with Crippen molar-refractivity contribution in [2.75, 3.05) is 19.0 Å². The molecule has 8 heteroatoms. The summed E-state index contributed by atoms with van der Waals surface area (Å²) in [5.74, 6) is -0.698. The van der Waals surface area contributed by atoms with E-state index >= 15 is 0 Å². The van der Waals surface area contributed by atoms with Gasteiger partial charge in [0.1, 0.15) is 0 Å². The van der Waals surface area contributed by atoms with Crippen molar-refractivity contribution in [3.8, 4) is 0 Å². The molecular weight excluding hydrogens is 324 g/mol. The van der Waals surface area contributed by atoms with Crippen LogP contribution in [0.2, 0.25) is 0 Å². The summed E-state index contributed by atoms with van der Waals surface area (Å²) in [4.78, 5) is 27.2. The van der Waals surface area contributed by atoms with E-state index in [-0.39, 0.29) is 17.5 Å². The molecule has 0 unspecified atom stereocenters. The number of benzene rings is 1. The van der Waals surface area contributed by atoms with Crippen molar-refractivity contribution in [1.29, 1.82) is 0 Å². The van der Waals surface area contributed by atoms with Gasteiger partial charge in [0, 0.05) is 6.61 Å². The monoisotopic (exact) mass is 338 g/mol. The van der Waals surface area contributed by atoms with Gasteiger partial charge < -0.3 is 15.2 Å². The molecule has 0 bridgehead atoms. The number of carbonyl (C=O) groups is 2. The Hall–Kier alpha value is -1.64. The summed E-state index contributed by atoms with van der Waals surface area (Å²) < 4.78 is 6.78. The lowest BCUT2D eigenvalue weighted by Crippen LogP contribution is -2.36. The minimum atomic E-state index is -0.956. The van der Waals surface area contributed by atoms with E-state index in [1.54, 1.807) is 12.1 Å². The van der Waals surface area contributed by atoms with E-state index in [0.717, 1.165) is 21.0 Å². The number of nitrogens with one attached hydrogen (secondary N) is 1. The van der Waals surface area contributed by atoms with Gasteiger partial charge >= 0.3 is 5.97 Å². The molecule has 1 aromatic heterocycles. The Morgan fingerprint density at radius 1 is 1.50 bits per heavy atom. The minimum absolute atomic E-state index is 0.0361. The van der Waals surface area contributed by atoms with Crippen LogP contribution in [0.15, 0.2) is 22.5 Å². The number of fused-ring (bicyclic) bond motifs is 1. The number of carboxylic acids is 1. The van der Waals surface area contributed by atoms with Crippen LogP contribution in [0.25, 0.3) is 10.2 Å². The van der Waals surface area contributed by atoms with Gasteiger partial charge in [0.15, 0.2) is 4.34 Å². The summed E-state index contributed by atoms with van der Waals surface area (Å²) in [7, 11) is 0. The average molecular weight is 338 g/mol. The average Bonchev–Trinajstić information content (AvgIpc) is 3.12. The fraction of sp³-hybridized carbons (Fsp3) is 0.357. The van der Waals surface area contributed by atoms with Gasteiger partial charge in [-0.15, -0.1) is 11.3 Å². The van der Waals surface area contributed by atoms with Gasteiger partial charge in [0.2, 0.25) is 5.91 Å². The van der Waals surface area contributed by atoms with Gasteiger partial charge in [-0.1, -0.05) is 11.8 Å². The zero-order chi connectivity index (χ0) is 15.5. The molecule has 1 atom stereocenters. The van der Waals surface area contributed by atoms with Crippen molar-refractivity contribution >= 4 is 45.2 Å². The molecule has 0 radical (unpaired) electrons. The minimum Gasteiger partial charge on any atom is -0.478 e. The molecule has 1 aliphatic heterocycles. The number of ether oxygens (including phenoxy) is 1. The fourth-order valence-corrected chi connectivity index (χ4v) is 4.06. The van der Waals surface area contributed by atoms with Crippen LogP contribution < -0.4 is 5.32 Å². The maximum atomic E-state index is 11.8. The van der Waals surface area contributed by atoms with Crippen molar-refractivity contribution in [2.24, 2.45) is 0 Å². The normalized spacial score (nSPS) is 17.7. The van der Waals surface area contributed by atoms with Gasteiger partial charge in [-0.05, 0) is 24.6 Å². The van der Waals surface area contributed by atoms with Crippen LogP contribution in [0.4, 0.5) is 0 Å². The number of amides is 1. The predicted molar refractivity (Wildman–Crippen MR) is 84.7 cm³/mol.